The van der Waals surface area contributed by atoms with Crippen LogP contribution in [0.3, 0.4) is 0 Å². The van der Waals surface area contributed by atoms with Gasteiger partial charge in [-0.2, -0.15) is 4.57 Å². The average Bonchev–Trinajstić information content (AvgIpc) is 1.96. The Morgan fingerprint density at radius 2 is 1.71 bits per heavy atom. The number of aromatic nitrogens is 1. The molecule has 78 valence electrons. The Balaban J connectivity index is 0.00000169. The molecule has 0 spiro atoms. The normalized spacial score (nSPS) is 9.36. The third-order valence-corrected chi connectivity index (χ3v) is 2.02. The van der Waals surface area contributed by atoms with E-state index in [4.69, 9.17) is 5.11 Å². The molecule has 1 N–H and O–H groups in total. The molecule has 0 aliphatic heterocycles. The highest BCUT2D eigenvalue weighted by atomic mass is 35.5. The van der Waals surface area contributed by atoms with E-state index in [0.29, 0.717) is 0 Å². The summed E-state index contributed by atoms with van der Waals surface area (Å²) in [5.41, 5.74) is 3.14. The zero-order valence-electron chi connectivity index (χ0n) is 8.57. The van der Waals surface area contributed by atoms with E-state index in [1.807, 2.05) is 32.9 Å². The number of aryl methyl sites for hydroxylation is 3. The lowest BCUT2D eigenvalue weighted by Gasteiger charge is -2.02. The van der Waals surface area contributed by atoms with Crippen LogP contribution in [-0.2, 0) is 11.3 Å². The first-order valence-corrected chi connectivity index (χ1v) is 4.20. The second-order valence-corrected chi connectivity index (χ2v) is 3.30. The largest absolute Gasteiger partial charge is 0.477 e. The smallest absolute Gasteiger partial charge is 0.370 e. The summed E-state index contributed by atoms with van der Waals surface area (Å²) in [7, 11) is 0. The molecule has 0 radical (unpaired) electrons. The van der Waals surface area contributed by atoms with Gasteiger partial charge in [0.05, 0.1) is 0 Å². The van der Waals surface area contributed by atoms with Crippen molar-refractivity contribution in [3.05, 3.63) is 29.1 Å². The van der Waals surface area contributed by atoms with Gasteiger partial charge in [0.15, 0.2) is 11.4 Å². The van der Waals surface area contributed by atoms with Crippen molar-refractivity contribution in [2.24, 2.45) is 0 Å². The highest BCUT2D eigenvalue weighted by Gasteiger charge is 2.14. The van der Waals surface area contributed by atoms with Crippen LogP contribution in [0, 0.1) is 20.8 Å². The quantitative estimate of drug-likeness (QED) is 0.760. The molecule has 14 heavy (non-hydrogen) atoms. The Labute approximate surface area is 89.8 Å². The lowest BCUT2D eigenvalue weighted by molar-refractivity contribution is -0.697. The zero-order chi connectivity index (χ0) is 10.0. The van der Waals surface area contributed by atoms with Gasteiger partial charge in [0.2, 0.25) is 6.54 Å². The van der Waals surface area contributed by atoms with Crippen molar-refractivity contribution in [3.63, 3.8) is 0 Å². The van der Waals surface area contributed by atoms with Crippen molar-refractivity contribution in [2.75, 3.05) is 0 Å². The summed E-state index contributed by atoms with van der Waals surface area (Å²) in [6, 6.07) is 3.96. The summed E-state index contributed by atoms with van der Waals surface area (Å²) in [5, 5.41) is 8.66. The van der Waals surface area contributed by atoms with E-state index in [0.717, 1.165) is 17.0 Å². The van der Waals surface area contributed by atoms with Crippen LogP contribution in [0.2, 0.25) is 0 Å². The molecule has 1 aromatic heterocycles. The molecule has 0 saturated carbocycles. The molecule has 1 aromatic rings. The number of carboxylic acid groups (broad SMARTS) is 1. The fourth-order valence-corrected chi connectivity index (χ4v) is 1.52. The van der Waals surface area contributed by atoms with Crippen molar-refractivity contribution in [1.29, 1.82) is 0 Å². The standard InChI is InChI=1S/C10H13NO2.ClH/c1-7-4-8(2)11(6-10(12)13)9(3)5-7;/h4-5H,6H2,1-3H3;1H/p+1. The number of carboxylic acids is 1. The Bertz CT molecular complexity index is 327. The third kappa shape index (κ3) is 3.00. The Morgan fingerprint density at radius 1 is 1.29 bits per heavy atom. The monoisotopic (exact) mass is 216 g/mol. The number of nitrogens with zero attached hydrogens (tertiary/aromatic N) is 1. The minimum Gasteiger partial charge on any atom is -0.477 e. The van der Waals surface area contributed by atoms with E-state index in [-0.39, 0.29) is 19.0 Å². The van der Waals surface area contributed by atoms with Crippen LogP contribution in [0.1, 0.15) is 17.0 Å². The van der Waals surface area contributed by atoms with Gasteiger partial charge in [-0.25, -0.2) is 4.79 Å². The van der Waals surface area contributed by atoms with Gasteiger partial charge in [-0.3, -0.25) is 0 Å². The summed E-state index contributed by atoms with van der Waals surface area (Å²) >= 11 is 0. The molecule has 0 aromatic carbocycles. The molecule has 1 heterocycles. The fourth-order valence-electron chi connectivity index (χ4n) is 1.52. The first-order chi connectivity index (χ1) is 6.00. The molecule has 3 nitrogen and oxygen atoms in total. The van der Waals surface area contributed by atoms with E-state index in [2.05, 4.69) is 0 Å². The van der Waals surface area contributed by atoms with Gasteiger partial charge < -0.3 is 5.11 Å². The average molecular weight is 217 g/mol. The summed E-state index contributed by atoms with van der Waals surface area (Å²) in [6.07, 6.45) is 0. The van der Waals surface area contributed by atoms with Crippen LogP contribution in [-0.4, -0.2) is 11.1 Å². The van der Waals surface area contributed by atoms with E-state index in [9.17, 15) is 4.79 Å². The fraction of sp³-hybridized carbons (Fsp3) is 0.400. The molecule has 0 bridgehead atoms. The van der Waals surface area contributed by atoms with E-state index >= 15 is 0 Å². The zero-order valence-corrected chi connectivity index (χ0v) is 9.39. The number of carbonyl (C=O) groups is 1. The summed E-state index contributed by atoms with van der Waals surface area (Å²) in [4.78, 5) is 10.5. The summed E-state index contributed by atoms with van der Waals surface area (Å²) < 4.78 is 1.79. The SMILES string of the molecule is Cc1cc(C)[n+](CC(=O)O)c(C)c1.Cl. The molecule has 0 aliphatic rings. The predicted octanol–water partition coefficient (Wildman–Crippen LogP) is 1.41. The van der Waals surface area contributed by atoms with Crippen LogP contribution in [0.15, 0.2) is 12.1 Å². The molecule has 0 aliphatic carbocycles. The summed E-state index contributed by atoms with van der Waals surface area (Å²) in [6.45, 7) is 5.88. The molecule has 0 fully saturated rings. The highest BCUT2D eigenvalue weighted by Crippen LogP contribution is 2.01. The maximum Gasteiger partial charge on any atom is 0.370 e. The van der Waals surface area contributed by atoms with Crippen molar-refractivity contribution in [2.45, 2.75) is 27.3 Å². The minimum absolute atomic E-state index is 0. The van der Waals surface area contributed by atoms with Gasteiger partial charge in [0.25, 0.3) is 0 Å². The number of hydrogen-bond donors (Lipinski definition) is 1. The number of pyridine rings is 1. The first kappa shape index (κ1) is 12.9. The number of hydrogen-bond acceptors (Lipinski definition) is 1. The molecule has 0 unspecified atom stereocenters. The second kappa shape index (κ2) is 4.96. The van der Waals surface area contributed by atoms with Gasteiger partial charge in [-0.05, 0) is 12.5 Å². The first-order valence-electron chi connectivity index (χ1n) is 4.20. The maximum absolute atomic E-state index is 10.5. The second-order valence-electron chi connectivity index (χ2n) is 3.30. The summed E-state index contributed by atoms with van der Waals surface area (Å²) in [5.74, 6) is -0.806. The molecular weight excluding hydrogens is 202 g/mol. The van der Waals surface area contributed by atoms with Crippen LogP contribution in [0.5, 0.6) is 0 Å². The lowest BCUT2D eigenvalue weighted by atomic mass is 10.2. The van der Waals surface area contributed by atoms with E-state index in [1.54, 1.807) is 4.57 Å². The topological polar surface area (TPSA) is 41.2 Å². The van der Waals surface area contributed by atoms with Crippen molar-refractivity contribution >= 4 is 18.4 Å². The van der Waals surface area contributed by atoms with Crippen LogP contribution >= 0.6 is 12.4 Å². The predicted molar refractivity (Wildman–Crippen MR) is 55.7 cm³/mol. The van der Waals surface area contributed by atoms with Crippen LogP contribution < -0.4 is 4.57 Å². The molecule has 0 atom stereocenters. The molecule has 4 heteroatoms. The molecular formula is C10H15ClNO2+. The van der Waals surface area contributed by atoms with Crippen LogP contribution in [0.4, 0.5) is 0 Å². The van der Waals surface area contributed by atoms with E-state index in [1.165, 1.54) is 0 Å². The number of rotatable bonds is 2. The highest BCUT2D eigenvalue weighted by molar-refractivity contribution is 5.85. The Hall–Kier alpha value is -1.09. The van der Waals surface area contributed by atoms with E-state index < -0.39 is 5.97 Å². The van der Waals surface area contributed by atoms with Gasteiger partial charge in [0.1, 0.15) is 0 Å². The minimum atomic E-state index is -0.806. The van der Waals surface area contributed by atoms with Crippen molar-refractivity contribution in [3.8, 4) is 0 Å². The number of halogens is 1. The van der Waals surface area contributed by atoms with Gasteiger partial charge in [0, 0.05) is 26.0 Å². The molecule has 0 saturated heterocycles. The van der Waals surface area contributed by atoms with Gasteiger partial charge in [-0.15, -0.1) is 12.4 Å². The van der Waals surface area contributed by atoms with Gasteiger partial charge >= 0.3 is 5.97 Å². The Kier molecular flexibility index (Phi) is 4.57. The molecule has 1 rings (SSSR count). The van der Waals surface area contributed by atoms with Crippen molar-refractivity contribution in [1.82, 2.24) is 0 Å². The molecule has 0 amide bonds. The maximum atomic E-state index is 10.5. The lowest BCUT2D eigenvalue weighted by Crippen LogP contribution is -2.43. The Morgan fingerprint density at radius 3 is 2.07 bits per heavy atom. The van der Waals surface area contributed by atoms with Gasteiger partial charge in [-0.1, -0.05) is 0 Å². The third-order valence-electron chi connectivity index (χ3n) is 2.02. The number of aliphatic carboxylic acids is 1. The van der Waals surface area contributed by atoms with Crippen molar-refractivity contribution < 1.29 is 14.5 Å². The van der Waals surface area contributed by atoms with Crippen LogP contribution in [0.25, 0.3) is 0 Å².